The Kier molecular flexibility index (Phi) is 4.58. The van der Waals surface area contributed by atoms with E-state index in [0.717, 1.165) is 18.7 Å². The summed E-state index contributed by atoms with van der Waals surface area (Å²) < 4.78 is 0. The lowest BCUT2D eigenvalue weighted by Crippen LogP contribution is -2.35. The topological polar surface area (TPSA) is 58.4 Å². The molecule has 0 aromatic heterocycles. The molecule has 1 aromatic rings. The average molecular weight is 242 g/mol. The quantitative estimate of drug-likeness (QED) is 0.786. The highest BCUT2D eigenvalue weighted by Crippen LogP contribution is 2.11. The molecule has 0 saturated carbocycles. The molecule has 0 bridgehead atoms. The van der Waals surface area contributed by atoms with Gasteiger partial charge in [-0.3, -0.25) is 0 Å². The van der Waals surface area contributed by atoms with Crippen LogP contribution in [0.5, 0.6) is 0 Å². The fourth-order valence-electron chi connectivity index (χ4n) is 1.70. The maximum atomic E-state index is 11.7. The van der Waals surface area contributed by atoms with Crippen molar-refractivity contribution >= 4 is 24.1 Å². The molecule has 1 fully saturated rings. The van der Waals surface area contributed by atoms with Crippen LogP contribution in [0.2, 0.25) is 0 Å². The van der Waals surface area contributed by atoms with Crippen molar-refractivity contribution in [3.8, 4) is 0 Å². The molecular weight excluding hydrogens is 226 g/mol. The highest BCUT2D eigenvalue weighted by molar-refractivity contribution is 5.89. The molecule has 1 heterocycles. The Hall–Kier alpha value is -1.26. The lowest BCUT2D eigenvalue weighted by atomic mass is 10.3. The average Bonchev–Trinajstić information content (AvgIpc) is 2.66. The highest BCUT2D eigenvalue weighted by atomic mass is 35.5. The Morgan fingerprint density at radius 3 is 2.62 bits per heavy atom. The number of nitrogens with one attached hydrogen (secondary N) is 1. The molecule has 16 heavy (non-hydrogen) atoms. The minimum absolute atomic E-state index is 0. The molecule has 1 unspecified atom stereocenters. The standard InChI is InChI=1S/C11H15N3O.ClH/c12-9-6-7-14(8-9)11(15)13-10-4-2-1-3-5-10;/h1-5,9H,6-8,12H2,(H,13,15);1H. The van der Waals surface area contributed by atoms with Gasteiger partial charge in [0.25, 0.3) is 0 Å². The normalized spacial score (nSPS) is 19.1. The third-order valence-electron chi connectivity index (χ3n) is 2.54. The highest BCUT2D eigenvalue weighted by Gasteiger charge is 2.23. The first-order chi connectivity index (χ1) is 7.25. The second kappa shape index (κ2) is 5.72. The molecule has 1 atom stereocenters. The number of carbonyl (C=O) groups excluding carboxylic acids is 1. The molecule has 1 saturated heterocycles. The number of benzene rings is 1. The van der Waals surface area contributed by atoms with Gasteiger partial charge in [-0.2, -0.15) is 0 Å². The number of likely N-dealkylation sites (tertiary alicyclic amines) is 1. The van der Waals surface area contributed by atoms with Gasteiger partial charge in [-0.05, 0) is 18.6 Å². The van der Waals surface area contributed by atoms with Gasteiger partial charge >= 0.3 is 6.03 Å². The molecule has 1 aliphatic rings. The summed E-state index contributed by atoms with van der Waals surface area (Å²) in [4.78, 5) is 13.5. The van der Waals surface area contributed by atoms with E-state index in [-0.39, 0.29) is 24.5 Å². The molecule has 0 radical (unpaired) electrons. The molecule has 1 aromatic carbocycles. The smallest absolute Gasteiger partial charge is 0.321 e. The van der Waals surface area contributed by atoms with E-state index in [1.165, 1.54) is 0 Å². The molecular formula is C11H16ClN3O. The van der Waals surface area contributed by atoms with Crippen LogP contribution in [0.25, 0.3) is 0 Å². The Morgan fingerprint density at radius 1 is 1.38 bits per heavy atom. The zero-order valence-electron chi connectivity index (χ0n) is 8.93. The van der Waals surface area contributed by atoms with Crippen LogP contribution in [-0.4, -0.2) is 30.1 Å². The van der Waals surface area contributed by atoms with Crippen molar-refractivity contribution in [3.63, 3.8) is 0 Å². The van der Waals surface area contributed by atoms with Crippen molar-refractivity contribution in [2.75, 3.05) is 18.4 Å². The molecule has 2 amide bonds. The van der Waals surface area contributed by atoms with Gasteiger partial charge in [-0.1, -0.05) is 18.2 Å². The van der Waals surface area contributed by atoms with Gasteiger partial charge in [-0.15, -0.1) is 12.4 Å². The lowest BCUT2D eigenvalue weighted by Gasteiger charge is -2.16. The summed E-state index contributed by atoms with van der Waals surface area (Å²) in [5, 5.41) is 2.84. The van der Waals surface area contributed by atoms with Crippen molar-refractivity contribution in [3.05, 3.63) is 30.3 Å². The number of carbonyl (C=O) groups is 1. The summed E-state index contributed by atoms with van der Waals surface area (Å²) in [6.45, 7) is 1.40. The minimum atomic E-state index is -0.0610. The van der Waals surface area contributed by atoms with E-state index in [9.17, 15) is 4.79 Å². The van der Waals surface area contributed by atoms with Crippen molar-refractivity contribution in [2.24, 2.45) is 5.73 Å². The van der Waals surface area contributed by atoms with E-state index in [4.69, 9.17) is 5.73 Å². The van der Waals surface area contributed by atoms with Gasteiger partial charge in [0.05, 0.1) is 0 Å². The van der Waals surface area contributed by atoms with Crippen molar-refractivity contribution in [1.29, 1.82) is 0 Å². The number of hydrogen-bond acceptors (Lipinski definition) is 2. The molecule has 2 rings (SSSR count). The van der Waals surface area contributed by atoms with E-state index < -0.39 is 0 Å². The summed E-state index contributed by atoms with van der Waals surface area (Å²) >= 11 is 0. The summed E-state index contributed by atoms with van der Waals surface area (Å²) in [7, 11) is 0. The first-order valence-electron chi connectivity index (χ1n) is 5.12. The van der Waals surface area contributed by atoms with Crippen molar-refractivity contribution in [2.45, 2.75) is 12.5 Å². The minimum Gasteiger partial charge on any atom is -0.326 e. The van der Waals surface area contributed by atoms with Crippen LogP contribution in [0.15, 0.2) is 30.3 Å². The van der Waals surface area contributed by atoms with Crippen LogP contribution in [0.4, 0.5) is 10.5 Å². The van der Waals surface area contributed by atoms with Crippen LogP contribution in [0.1, 0.15) is 6.42 Å². The summed E-state index contributed by atoms with van der Waals surface area (Å²) in [6, 6.07) is 9.51. The van der Waals surface area contributed by atoms with Crippen LogP contribution in [-0.2, 0) is 0 Å². The van der Waals surface area contributed by atoms with Crippen molar-refractivity contribution in [1.82, 2.24) is 4.90 Å². The molecule has 0 aliphatic carbocycles. The zero-order valence-corrected chi connectivity index (χ0v) is 9.74. The van der Waals surface area contributed by atoms with E-state index in [1.807, 2.05) is 30.3 Å². The Balaban J connectivity index is 0.00000128. The van der Waals surface area contributed by atoms with E-state index in [0.29, 0.717) is 6.54 Å². The molecule has 5 heteroatoms. The fraction of sp³-hybridized carbons (Fsp3) is 0.364. The number of para-hydroxylation sites is 1. The maximum absolute atomic E-state index is 11.7. The summed E-state index contributed by atoms with van der Waals surface area (Å²) in [5.41, 5.74) is 6.56. The molecule has 88 valence electrons. The second-order valence-electron chi connectivity index (χ2n) is 3.79. The lowest BCUT2D eigenvalue weighted by molar-refractivity contribution is 0.222. The monoisotopic (exact) mass is 241 g/mol. The van der Waals surface area contributed by atoms with Crippen LogP contribution >= 0.6 is 12.4 Å². The molecule has 4 nitrogen and oxygen atoms in total. The predicted octanol–water partition coefficient (Wildman–Crippen LogP) is 1.67. The number of urea groups is 1. The molecule has 1 aliphatic heterocycles. The first kappa shape index (κ1) is 12.8. The fourth-order valence-corrected chi connectivity index (χ4v) is 1.70. The third-order valence-corrected chi connectivity index (χ3v) is 2.54. The number of nitrogens with zero attached hydrogens (tertiary/aromatic N) is 1. The first-order valence-corrected chi connectivity index (χ1v) is 5.12. The van der Waals surface area contributed by atoms with E-state index >= 15 is 0 Å². The number of rotatable bonds is 1. The number of nitrogens with two attached hydrogens (primary N) is 1. The number of anilines is 1. The van der Waals surface area contributed by atoms with Crippen molar-refractivity contribution < 1.29 is 4.79 Å². The van der Waals surface area contributed by atoms with Gasteiger partial charge in [0, 0.05) is 24.8 Å². The van der Waals surface area contributed by atoms with E-state index in [2.05, 4.69) is 5.32 Å². The largest absolute Gasteiger partial charge is 0.326 e. The van der Waals surface area contributed by atoms with Crippen LogP contribution < -0.4 is 11.1 Å². The molecule has 3 N–H and O–H groups in total. The Bertz CT molecular complexity index is 344. The zero-order chi connectivity index (χ0) is 10.7. The number of halogens is 1. The van der Waals surface area contributed by atoms with Gasteiger partial charge < -0.3 is 16.0 Å². The Labute approximate surface area is 101 Å². The Morgan fingerprint density at radius 2 is 2.06 bits per heavy atom. The van der Waals surface area contributed by atoms with Gasteiger partial charge in [-0.25, -0.2) is 4.79 Å². The molecule has 0 spiro atoms. The van der Waals surface area contributed by atoms with Crippen LogP contribution in [0, 0.1) is 0 Å². The maximum Gasteiger partial charge on any atom is 0.321 e. The predicted molar refractivity (Wildman–Crippen MR) is 66.9 cm³/mol. The number of amides is 2. The summed E-state index contributed by atoms with van der Waals surface area (Å²) in [6.07, 6.45) is 0.891. The van der Waals surface area contributed by atoms with Crippen LogP contribution in [0.3, 0.4) is 0 Å². The van der Waals surface area contributed by atoms with Gasteiger partial charge in [0.2, 0.25) is 0 Å². The van der Waals surface area contributed by atoms with Gasteiger partial charge in [0.15, 0.2) is 0 Å². The number of hydrogen-bond donors (Lipinski definition) is 2. The van der Waals surface area contributed by atoms with E-state index in [1.54, 1.807) is 4.90 Å². The third kappa shape index (κ3) is 3.12. The second-order valence-corrected chi connectivity index (χ2v) is 3.79. The summed E-state index contributed by atoms with van der Waals surface area (Å²) in [5.74, 6) is 0. The van der Waals surface area contributed by atoms with Gasteiger partial charge in [0.1, 0.15) is 0 Å². The SMILES string of the molecule is Cl.NC1CCN(C(=O)Nc2ccccc2)C1.